The van der Waals surface area contributed by atoms with Gasteiger partial charge in [-0.2, -0.15) is 0 Å². The Bertz CT molecular complexity index is 334. The maximum absolute atomic E-state index is 5.91. The van der Waals surface area contributed by atoms with E-state index in [1.807, 2.05) is 34.9 Å². The zero-order valence-electron chi connectivity index (χ0n) is 11.5. The molecule has 0 aromatic rings. The predicted molar refractivity (Wildman–Crippen MR) is 70.4 cm³/mol. The lowest BCUT2D eigenvalue weighted by molar-refractivity contribution is -0.155. The third-order valence-corrected chi connectivity index (χ3v) is 3.59. The quantitative estimate of drug-likeness (QED) is 0.669. The van der Waals surface area contributed by atoms with Crippen molar-refractivity contribution < 1.29 is 18.9 Å². The zero-order valence-corrected chi connectivity index (χ0v) is 12.3. The minimum atomic E-state index is -0.593. The van der Waals surface area contributed by atoms with Gasteiger partial charge in [-0.05, 0) is 33.0 Å². The van der Waals surface area contributed by atoms with Crippen molar-refractivity contribution in [1.82, 2.24) is 4.90 Å². The van der Waals surface area contributed by atoms with Gasteiger partial charge in [0.2, 0.25) is 0 Å². The third-order valence-electron chi connectivity index (χ3n) is 3.13. The van der Waals surface area contributed by atoms with Crippen LogP contribution in [0.15, 0.2) is 0 Å². The van der Waals surface area contributed by atoms with Crippen molar-refractivity contribution in [2.45, 2.75) is 51.0 Å². The van der Waals surface area contributed by atoms with Crippen molar-refractivity contribution in [1.29, 1.82) is 0 Å². The van der Waals surface area contributed by atoms with Crippen molar-refractivity contribution in [3.63, 3.8) is 0 Å². The van der Waals surface area contributed by atoms with Crippen molar-refractivity contribution in [2.75, 3.05) is 20.7 Å². The summed E-state index contributed by atoms with van der Waals surface area (Å²) in [7, 11) is 3.70. The summed E-state index contributed by atoms with van der Waals surface area (Å²) in [6.45, 7) is 6.30. The maximum Gasteiger partial charge on any atom is 0.259 e. The fourth-order valence-electron chi connectivity index (χ4n) is 2.26. The van der Waals surface area contributed by atoms with Crippen LogP contribution in [0.2, 0.25) is 0 Å². The molecule has 2 aliphatic rings. The van der Waals surface area contributed by atoms with Crippen molar-refractivity contribution in [3.8, 4) is 0 Å². The van der Waals surface area contributed by atoms with E-state index >= 15 is 0 Å². The van der Waals surface area contributed by atoms with Gasteiger partial charge in [0.25, 0.3) is 5.17 Å². The number of thiocarbonyl (C=S) groups is 1. The molecule has 2 aliphatic heterocycles. The molecule has 6 heteroatoms. The van der Waals surface area contributed by atoms with Crippen LogP contribution in [0.3, 0.4) is 0 Å². The Morgan fingerprint density at radius 3 is 2.61 bits per heavy atom. The molecule has 0 N–H and O–H groups in total. The molecular weight excluding hydrogens is 254 g/mol. The average molecular weight is 275 g/mol. The van der Waals surface area contributed by atoms with Gasteiger partial charge in [0.1, 0.15) is 12.2 Å². The van der Waals surface area contributed by atoms with Crippen LogP contribution in [-0.4, -0.2) is 61.0 Å². The van der Waals surface area contributed by atoms with Gasteiger partial charge in [-0.15, -0.1) is 0 Å². The topological polar surface area (TPSA) is 40.2 Å². The lowest BCUT2D eigenvalue weighted by atomic mass is 10.0. The van der Waals surface area contributed by atoms with E-state index in [2.05, 4.69) is 0 Å². The fraction of sp³-hybridized carbons (Fsp3) is 0.917. The minimum absolute atomic E-state index is 0.0679. The second-order valence-corrected chi connectivity index (χ2v) is 5.77. The fourth-order valence-corrected chi connectivity index (χ4v) is 2.37. The molecule has 0 spiro atoms. The Balaban J connectivity index is 2.09. The van der Waals surface area contributed by atoms with Gasteiger partial charge in [-0.25, -0.2) is 0 Å². The van der Waals surface area contributed by atoms with E-state index in [-0.39, 0.29) is 24.4 Å². The normalized spacial score (nSPS) is 38.1. The van der Waals surface area contributed by atoms with Gasteiger partial charge in [0, 0.05) is 14.1 Å². The molecule has 0 aliphatic carbocycles. The first-order valence-electron chi connectivity index (χ1n) is 6.15. The van der Waals surface area contributed by atoms with E-state index in [4.69, 9.17) is 31.2 Å². The smallest absolute Gasteiger partial charge is 0.259 e. The molecule has 18 heavy (non-hydrogen) atoms. The average Bonchev–Trinajstić information content (AvgIpc) is 2.57. The Kier molecular flexibility index (Phi) is 3.82. The van der Waals surface area contributed by atoms with Gasteiger partial charge in [0.05, 0.1) is 12.7 Å². The molecule has 0 unspecified atom stereocenters. The summed E-state index contributed by atoms with van der Waals surface area (Å²) < 4.78 is 23.2. The number of rotatable bonds is 1. The van der Waals surface area contributed by atoms with Crippen LogP contribution in [0.1, 0.15) is 20.8 Å². The summed E-state index contributed by atoms with van der Waals surface area (Å²) >= 11 is 5.18. The van der Waals surface area contributed by atoms with E-state index in [1.165, 1.54) is 0 Å². The van der Waals surface area contributed by atoms with Crippen molar-refractivity contribution in [2.24, 2.45) is 0 Å². The standard InChI is InChI=1S/C12H21NO4S/c1-7-9(15-11(18)13(4)5)10-8(6-14-7)16-12(2,3)17-10/h7-10H,6H2,1-5H3/t7-,8-,9+,10-/m1/s1. The van der Waals surface area contributed by atoms with Gasteiger partial charge in [0.15, 0.2) is 11.9 Å². The van der Waals surface area contributed by atoms with E-state index in [0.717, 1.165) is 0 Å². The lowest BCUT2D eigenvalue weighted by Gasteiger charge is -2.36. The van der Waals surface area contributed by atoms with Crippen LogP contribution in [0.4, 0.5) is 0 Å². The Labute approximate surface area is 113 Å². The molecule has 0 bridgehead atoms. The predicted octanol–water partition coefficient (Wildman–Crippen LogP) is 1.16. The Morgan fingerprint density at radius 2 is 2.00 bits per heavy atom. The molecule has 2 saturated heterocycles. The van der Waals surface area contributed by atoms with Gasteiger partial charge < -0.3 is 23.8 Å². The summed E-state index contributed by atoms with van der Waals surface area (Å²) in [5.41, 5.74) is 0. The molecule has 0 radical (unpaired) electrons. The van der Waals surface area contributed by atoms with Crippen LogP contribution >= 0.6 is 12.2 Å². The molecule has 104 valence electrons. The van der Waals surface area contributed by atoms with E-state index < -0.39 is 5.79 Å². The second-order valence-electron chi connectivity index (χ2n) is 5.42. The molecule has 4 atom stereocenters. The number of ether oxygens (including phenoxy) is 4. The number of hydrogen-bond donors (Lipinski definition) is 0. The number of fused-ring (bicyclic) bond motifs is 1. The molecule has 0 amide bonds. The molecule has 0 saturated carbocycles. The van der Waals surface area contributed by atoms with Crippen LogP contribution < -0.4 is 0 Å². The number of nitrogens with zero attached hydrogens (tertiary/aromatic N) is 1. The summed E-state index contributed by atoms with van der Waals surface area (Å²) in [5.74, 6) is -0.593. The Morgan fingerprint density at radius 1 is 1.33 bits per heavy atom. The van der Waals surface area contributed by atoms with E-state index in [9.17, 15) is 0 Å². The molecule has 2 rings (SSSR count). The van der Waals surface area contributed by atoms with Crippen LogP contribution in [0.5, 0.6) is 0 Å². The lowest BCUT2D eigenvalue weighted by Crippen LogP contribution is -2.53. The molecule has 2 fully saturated rings. The highest BCUT2D eigenvalue weighted by atomic mass is 32.1. The van der Waals surface area contributed by atoms with Gasteiger partial charge >= 0.3 is 0 Å². The van der Waals surface area contributed by atoms with E-state index in [0.29, 0.717) is 11.8 Å². The first-order chi connectivity index (χ1) is 8.30. The van der Waals surface area contributed by atoms with E-state index in [1.54, 1.807) is 4.90 Å². The van der Waals surface area contributed by atoms with Crippen LogP contribution in [0, 0.1) is 0 Å². The molecule has 0 aromatic carbocycles. The molecule has 2 heterocycles. The molecular formula is C12H21NO4S. The first kappa shape index (κ1) is 14.0. The van der Waals surface area contributed by atoms with Crippen molar-refractivity contribution >= 4 is 17.4 Å². The largest absolute Gasteiger partial charge is 0.462 e. The summed E-state index contributed by atoms with van der Waals surface area (Å²) in [6, 6.07) is 0. The highest BCUT2D eigenvalue weighted by molar-refractivity contribution is 7.80. The monoisotopic (exact) mass is 275 g/mol. The summed E-state index contributed by atoms with van der Waals surface area (Å²) in [5, 5.41) is 0.435. The highest BCUT2D eigenvalue weighted by Crippen LogP contribution is 2.35. The minimum Gasteiger partial charge on any atom is -0.462 e. The summed E-state index contributed by atoms with van der Waals surface area (Å²) in [6.07, 6.45) is -0.533. The number of hydrogen-bond acceptors (Lipinski definition) is 5. The zero-order chi connectivity index (χ0) is 13.5. The first-order valence-corrected chi connectivity index (χ1v) is 6.56. The highest BCUT2D eigenvalue weighted by Gasteiger charge is 2.51. The van der Waals surface area contributed by atoms with Crippen molar-refractivity contribution in [3.05, 3.63) is 0 Å². The van der Waals surface area contributed by atoms with Gasteiger partial charge in [-0.3, -0.25) is 0 Å². The maximum atomic E-state index is 5.91. The molecule has 0 aromatic heterocycles. The van der Waals surface area contributed by atoms with Gasteiger partial charge in [-0.1, -0.05) is 0 Å². The SMILES string of the molecule is C[C@H]1OC[C@H]2OC(C)(C)O[C@H]2[C@H]1OC(=S)N(C)C. The molecule has 5 nitrogen and oxygen atoms in total. The van der Waals surface area contributed by atoms with Crippen LogP contribution in [-0.2, 0) is 18.9 Å². The second kappa shape index (κ2) is 4.92. The Hall–Kier alpha value is -0.430. The summed E-state index contributed by atoms with van der Waals surface area (Å²) in [4.78, 5) is 1.76. The van der Waals surface area contributed by atoms with Crippen LogP contribution in [0.25, 0.3) is 0 Å². The third kappa shape index (κ3) is 2.77.